The lowest BCUT2D eigenvalue weighted by molar-refractivity contribution is -0.384. The van der Waals surface area contributed by atoms with Crippen LogP contribution in [0.4, 0.5) is 10.8 Å². The Kier molecular flexibility index (Phi) is 9.34. The molecule has 0 aliphatic carbocycles. The van der Waals surface area contributed by atoms with Gasteiger partial charge < -0.3 is 9.84 Å². The van der Waals surface area contributed by atoms with Crippen molar-refractivity contribution in [3.05, 3.63) is 146 Å². The van der Waals surface area contributed by atoms with E-state index in [1.54, 1.807) is 30.3 Å². The first-order valence-corrected chi connectivity index (χ1v) is 16.4. The lowest BCUT2D eigenvalue weighted by Crippen LogP contribution is -2.29. The van der Waals surface area contributed by atoms with Crippen molar-refractivity contribution < 1.29 is 24.4 Å². The first kappa shape index (κ1) is 31.9. The third kappa shape index (κ3) is 6.75. The fourth-order valence-electron chi connectivity index (χ4n) is 5.03. The van der Waals surface area contributed by atoms with E-state index in [1.165, 1.54) is 40.9 Å². The molecule has 10 nitrogen and oxygen atoms in total. The van der Waals surface area contributed by atoms with E-state index >= 15 is 0 Å². The van der Waals surface area contributed by atoms with Crippen LogP contribution < -0.4 is 9.64 Å². The SMILES string of the molecule is Cc1ccccc1COc1ccc(C(O)=C2C(=O)C(=O)N(c3nnc(SCc4ccccc4Cl)s3)C2c2ccc([N+](=O)[O-])cc2)cc1. The number of nitro benzene ring substituents is 1. The highest BCUT2D eigenvalue weighted by Crippen LogP contribution is 2.44. The smallest absolute Gasteiger partial charge is 0.301 e. The van der Waals surface area contributed by atoms with E-state index in [-0.39, 0.29) is 22.0 Å². The van der Waals surface area contributed by atoms with E-state index in [4.69, 9.17) is 16.3 Å². The molecule has 1 amide bonds. The Balaban J connectivity index is 1.32. The molecular weight excluding hydrogens is 660 g/mol. The number of nitrogens with zero attached hydrogens (tertiary/aromatic N) is 4. The van der Waals surface area contributed by atoms with Crippen LogP contribution >= 0.6 is 34.7 Å². The zero-order chi connectivity index (χ0) is 33.1. The summed E-state index contributed by atoms with van der Waals surface area (Å²) in [6.07, 6.45) is 0. The number of rotatable bonds is 10. The van der Waals surface area contributed by atoms with Crippen LogP contribution in [0.2, 0.25) is 5.02 Å². The molecule has 6 rings (SSSR count). The number of ether oxygens (including phenoxy) is 1. The van der Waals surface area contributed by atoms with Crippen LogP contribution in [-0.4, -0.2) is 31.9 Å². The van der Waals surface area contributed by atoms with Gasteiger partial charge in [0.05, 0.1) is 16.5 Å². The van der Waals surface area contributed by atoms with Gasteiger partial charge in [0, 0.05) is 28.5 Å². The number of hydrogen-bond donors (Lipinski definition) is 1. The minimum atomic E-state index is -1.12. The second-order valence-corrected chi connectivity index (χ2v) is 13.1. The van der Waals surface area contributed by atoms with Crippen LogP contribution in [0.25, 0.3) is 5.76 Å². The van der Waals surface area contributed by atoms with Crippen molar-refractivity contribution in [1.82, 2.24) is 10.2 Å². The number of non-ortho nitro benzene ring substituents is 1. The average molecular weight is 685 g/mol. The van der Waals surface area contributed by atoms with E-state index in [2.05, 4.69) is 10.2 Å². The van der Waals surface area contributed by atoms with E-state index in [9.17, 15) is 24.8 Å². The third-order valence-electron chi connectivity index (χ3n) is 7.56. The number of hydrogen-bond acceptors (Lipinski definition) is 10. The standard InChI is InChI=1S/C34H25ClN4O6S2/c1-20-6-2-3-7-23(20)18-45-26-16-12-22(13-17-26)30(40)28-29(21-10-14-25(15-11-21)39(43)44)38(32(42)31(28)41)33-36-37-34(47-33)46-19-24-8-4-5-9-27(24)35/h2-17,29,40H,18-19H2,1H3. The summed E-state index contributed by atoms with van der Waals surface area (Å²) in [6, 6.07) is 26.1. The van der Waals surface area contributed by atoms with E-state index in [1.807, 2.05) is 49.4 Å². The molecule has 0 saturated carbocycles. The topological polar surface area (TPSA) is 136 Å². The van der Waals surface area contributed by atoms with Crippen LogP contribution in [0.3, 0.4) is 0 Å². The van der Waals surface area contributed by atoms with Gasteiger partial charge in [0.25, 0.3) is 11.5 Å². The summed E-state index contributed by atoms with van der Waals surface area (Å²) >= 11 is 8.76. The molecule has 236 valence electrons. The molecule has 1 aromatic heterocycles. The fourth-order valence-corrected chi connectivity index (χ4v) is 7.19. The van der Waals surface area contributed by atoms with Crippen LogP contribution in [-0.2, 0) is 21.9 Å². The number of benzene rings is 4. The summed E-state index contributed by atoms with van der Waals surface area (Å²) in [4.78, 5) is 39.1. The molecule has 47 heavy (non-hydrogen) atoms. The number of nitro groups is 1. The molecule has 1 aliphatic heterocycles. The highest BCUT2D eigenvalue weighted by molar-refractivity contribution is 8.00. The molecule has 1 unspecified atom stereocenters. The number of aliphatic hydroxyl groups is 1. The maximum absolute atomic E-state index is 13.6. The Labute approximate surface area is 282 Å². The molecule has 4 aromatic carbocycles. The van der Waals surface area contributed by atoms with Crippen LogP contribution in [0.5, 0.6) is 5.75 Å². The molecule has 5 aromatic rings. The molecular formula is C34H25ClN4O6S2. The first-order chi connectivity index (χ1) is 22.7. The van der Waals surface area contributed by atoms with Gasteiger partial charge in [-0.05, 0) is 71.6 Å². The molecule has 1 saturated heterocycles. The number of Topliss-reactive ketones (excluding diaryl/α,β-unsaturated/α-hetero) is 1. The van der Waals surface area contributed by atoms with Crippen LogP contribution in [0, 0.1) is 17.0 Å². The predicted molar refractivity (Wildman–Crippen MR) is 181 cm³/mol. The number of halogens is 1. The Morgan fingerprint density at radius 3 is 2.34 bits per heavy atom. The predicted octanol–water partition coefficient (Wildman–Crippen LogP) is 7.91. The van der Waals surface area contributed by atoms with E-state index in [0.717, 1.165) is 28.0 Å². The largest absolute Gasteiger partial charge is 0.507 e. The van der Waals surface area contributed by atoms with Crippen molar-refractivity contribution in [2.45, 2.75) is 29.7 Å². The maximum atomic E-state index is 13.6. The highest BCUT2D eigenvalue weighted by Gasteiger charge is 2.48. The zero-order valence-electron chi connectivity index (χ0n) is 24.7. The lowest BCUT2D eigenvalue weighted by Gasteiger charge is -2.22. The second-order valence-electron chi connectivity index (χ2n) is 10.5. The summed E-state index contributed by atoms with van der Waals surface area (Å²) < 4.78 is 6.45. The fraction of sp³-hybridized carbons (Fsp3) is 0.118. The van der Waals surface area contributed by atoms with Crippen molar-refractivity contribution >= 4 is 63.0 Å². The second kappa shape index (κ2) is 13.8. The molecule has 1 N–H and O–H groups in total. The van der Waals surface area contributed by atoms with Gasteiger partial charge in [0.1, 0.15) is 18.1 Å². The minimum Gasteiger partial charge on any atom is -0.507 e. The molecule has 1 atom stereocenters. The Bertz CT molecular complexity index is 2010. The lowest BCUT2D eigenvalue weighted by atomic mass is 9.95. The molecule has 1 aliphatic rings. The number of amides is 1. The van der Waals surface area contributed by atoms with E-state index < -0.39 is 28.4 Å². The Hall–Kier alpha value is -5.04. The van der Waals surface area contributed by atoms with Crippen molar-refractivity contribution in [2.24, 2.45) is 0 Å². The monoisotopic (exact) mass is 684 g/mol. The maximum Gasteiger partial charge on any atom is 0.301 e. The van der Waals surface area contributed by atoms with Gasteiger partial charge in [0.15, 0.2) is 4.34 Å². The van der Waals surface area contributed by atoms with Crippen molar-refractivity contribution in [3.8, 4) is 5.75 Å². The average Bonchev–Trinajstić information content (AvgIpc) is 3.65. The molecule has 1 fully saturated rings. The van der Waals surface area contributed by atoms with Gasteiger partial charge in [-0.2, -0.15) is 0 Å². The molecule has 0 spiro atoms. The van der Waals surface area contributed by atoms with E-state index in [0.29, 0.717) is 33.0 Å². The van der Waals surface area contributed by atoms with Gasteiger partial charge in [0.2, 0.25) is 5.13 Å². The number of carbonyl (C=O) groups is 2. The number of aryl methyl sites for hydroxylation is 1. The number of aliphatic hydroxyl groups excluding tert-OH is 1. The summed E-state index contributed by atoms with van der Waals surface area (Å²) in [7, 11) is 0. The third-order valence-corrected chi connectivity index (χ3v) is 10.0. The number of anilines is 1. The highest BCUT2D eigenvalue weighted by atomic mass is 35.5. The number of carbonyl (C=O) groups excluding carboxylic acids is 2. The zero-order valence-corrected chi connectivity index (χ0v) is 27.1. The van der Waals surface area contributed by atoms with Crippen LogP contribution in [0.1, 0.15) is 33.9 Å². The van der Waals surface area contributed by atoms with Gasteiger partial charge >= 0.3 is 5.91 Å². The summed E-state index contributed by atoms with van der Waals surface area (Å²) in [6.45, 7) is 2.35. The summed E-state index contributed by atoms with van der Waals surface area (Å²) in [5, 5.41) is 32.0. The first-order valence-electron chi connectivity index (χ1n) is 14.2. The number of thioether (sulfide) groups is 1. The molecule has 13 heteroatoms. The van der Waals surface area contributed by atoms with Crippen molar-refractivity contribution in [2.75, 3.05) is 4.90 Å². The Morgan fingerprint density at radius 1 is 0.979 bits per heavy atom. The summed E-state index contributed by atoms with van der Waals surface area (Å²) in [5.74, 6) is -1.19. The quantitative estimate of drug-likeness (QED) is 0.0296. The van der Waals surface area contributed by atoms with Crippen molar-refractivity contribution in [3.63, 3.8) is 0 Å². The molecule has 2 heterocycles. The van der Waals surface area contributed by atoms with Gasteiger partial charge in [-0.15, -0.1) is 10.2 Å². The summed E-state index contributed by atoms with van der Waals surface area (Å²) in [5.41, 5.74) is 3.33. The molecule has 0 bridgehead atoms. The van der Waals surface area contributed by atoms with Gasteiger partial charge in [-0.3, -0.25) is 24.6 Å². The minimum absolute atomic E-state index is 0.135. The van der Waals surface area contributed by atoms with Crippen molar-refractivity contribution in [1.29, 1.82) is 0 Å². The Morgan fingerprint density at radius 2 is 1.66 bits per heavy atom. The number of ketones is 1. The van der Waals surface area contributed by atoms with Crippen LogP contribution in [0.15, 0.2) is 107 Å². The number of aromatic nitrogens is 2. The normalized spacial score (nSPS) is 15.6. The van der Waals surface area contributed by atoms with Gasteiger partial charge in [-0.1, -0.05) is 77.2 Å². The molecule has 0 radical (unpaired) electrons. The van der Waals surface area contributed by atoms with Gasteiger partial charge in [-0.25, -0.2) is 0 Å².